The molecular weight excluding hydrogens is 598 g/mol. The van der Waals surface area contributed by atoms with E-state index in [1.54, 1.807) is 28.4 Å². The number of fused-ring (bicyclic) bond motifs is 1. The normalized spacial score (nSPS) is 15.1. The number of hydrogen-bond donors (Lipinski definition) is 1. The maximum absolute atomic E-state index is 13.6. The van der Waals surface area contributed by atoms with Gasteiger partial charge in [-0.05, 0) is 36.4 Å². The Hall–Kier alpha value is -5.06. The molecule has 0 saturated carbocycles. The van der Waals surface area contributed by atoms with Gasteiger partial charge in [-0.1, -0.05) is 24.3 Å². The number of nitrogens with zero attached hydrogens (tertiary/aromatic N) is 4. The highest BCUT2D eigenvalue weighted by atomic mass is 16.5. The molecule has 3 aromatic carbocycles. The van der Waals surface area contributed by atoms with E-state index in [2.05, 4.69) is 14.8 Å². The Kier molecular flexibility index (Phi) is 9.60. The van der Waals surface area contributed by atoms with E-state index in [0.717, 1.165) is 45.0 Å². The molecule has 248 valence electrons. The second kappa shape index (κ2) is 14.1. The molecule has 0 unspecified atom stereocenters. The number of hydrogen-bond acceptors (Lipinski definition) is 8. The van der Waals surface area contributed by atoms with Crippen LogP contribution in [0.25, 0.3) is 10.8 Å². The summed E-state index contributed by atoms with van der Waals surface area (Å²) in [6.45, 7) is 5.30. The van der Waals surface area contributed by atoms with Crippen molar-refractivity contribution in [2.45, 2.75) is 12.8 Å². The van der Waals surface area contributed by atoms with E-state index in [4.69, 9.17) is 18.9 Å². The number of methoxy groups -OCH3 is 4. The van der Waals surface area contributed by atoms with Crippen LogP contribution >= 0.6 is 0 Å². The van der Waals surface area contributed by atoms with Crippen LogP contribution in [-0.4, -0.2) is 107 Å². The van der Waals surface area contributed by atoms with Crippen LogP contribution in [0.1, 0.15) is 11.4 Å². The second-order valence-corrected chi connectivity index (χ2v) is 11.8. The van der Waals surface area contributed by atoms with Crippen molar-refractivity contribution >= 4 is 34.0 Å². The van der Waals surface area contributed by atoms with Crippen molar-refractivity contribution in [1.82, 2.24) is 14.8 Å². The zero-order valence-electron chi connectivity index (χ0n) is 27.6. The second-order valence-electron chi connectivity index (χ2n) is 11.8. The van der Waals surface area contributed by atoms with E-state index in [1.165, 1.54) is 0 Å². The van der Waals surface area contributed by atoms with Gasteiger partial charge in [-0.25, -0.2) is 0 Å². The lowest BCUT2D eigenvalue weighted by molar-refractivity contribution is -0.131. The van der Waals surface area contributed by atoms with Crippen molar-refractivity contribution in [3.8, 4) is 23.0 Å². The summed E-state index contributed by atoms with van der Waals surface area (Å²) in [4.78, 5) is 39.1. The molecule has 0 bridgehead atoms. The first-order valence-electron chi connectivity index (χ1n) is 16.0. The molecule has 11 heteroatoms. The highest BCUT2D eigenvalue weighted by Gasteiger charge is 2.27. The molecule has 47 heavy (non-hydrogen) atoms. The third-order valence-electron chi connectivity index (χ3n) is 9.25. The molecule has 1 N–H and O–H groups in total. The van der Waals surface area contributed by atoms with Gasteiger partial charge < -0.3 is 43.5 Å². The number of H-pyrrole nitrogens is 1. The molecule has 2 amide bonds. The van der Waals surface area contributed by atoms with E-state index in [9.17, 15) is 9.59 Å². The van der Waals surface area contributed by atoms with Gasteiger partial charge in [0.15, 0.2) is 11.5 Å². The molecule has 6 rings (SSSR count). The van der Waals surface area contributed by atoms with Gasteiger partial charge in [0, 0.05) is 74.5 Å². The van der Waals surface area contributed by atoms with Crippen molar-refractivity contribution in [2.24, 2.45) is 0 Å². The fourth-order valence-electron chi connectivity index (χ4n) is 6.68. The summed E-state index contributed by atoms with van der Waals surface area (Å²) in [6, 6.07) is 19.7. The summed E-state index contributed by atoms with van der Waals surface area (Å²) in [7, 11) is 6.54. The molecule has 0 spiro atoms. The van der Waals surface area contributed by atoms with Gasteiger partial charge in [0.05, 0.1) is 52.7 Å². The third-order valence-corrected chi connectivity index (χ3v) is 9.25. The van der Waals surface area contributed by atoms with Crippen molar-refractivity contribution in [1.29, 1.82) is 0 Å². The Balaban J connectivity index is 1.16. The lowest BCUT2D eigenvalue weighted by Gasteiger charge is -2.36. The number of anilines is 2. The average molecular weight is 642 g/mol. The van der Waals surface area contributed by atoms with Crippen LogP contribution < -0.4 is 28.7 Å². The monoisotopic (exact) mass is 641 g/mol. The van der Waals surface area contributed by atoms with Crippen LogP contribution in [0.15, 0.2) is 60.7 Å². The van der Waals surface area contributed by atoms with Crippen LogP contribution in [0.3, 0.4) is 0 Å². The van der Waals surface area contributed by atoms with Gasteiger partial charge in [-0.15, -0.1) is 0 Å². The van der Waals surface area contributed by atoms with E-state index in [0.29, 0.717) is 63.9 Å². The predicted molar refractivity (Wildman–Crippen MR) is 182 cm³/mol. The first-order chi connectivity index (χ1) is 22.9. The van der Waals surface area contributed by atoms with Crippen molar-refractivity contribution in [2.75, 3.05) is 90.6 Å². The zero-order chi connectivity index (χ0) is 32.9. The zero-order valence-corrected chi connectivity index (χ0v) is 27.6. The smallest absolute Gasteiger partial charge is 0.228 e. The summed E-state index contributed by atoms with van der Waals surface area (Å²) >= 11 is 0. The molecule has 2 fully saturated rings. The molecule has 0 atom stereocenters. The number of carbonyl (C=O) groups is 2. The highest BCUT2D eigenvalue weighted by molar-refractivity contribution is 5.96. The largest absolute Gasteiger partial charge is 0.495 e. The maximum Gasteiger partial charge on any atom is 0.228 e. The van der Waals surface area contributed by atoms with Gasteiger partial charge >= 0.3 is 0 Å². The quantitative estimate of drug-likeness (QED) is 0.278. The molecule has 2 aliphatic heterocycles. The van der Waals surface area contributed by atoms with Crippen LogP contribution in [-0.2, 0) is 22.4 Å². The lowest BCUT2D eigenvalue weighted by atomic mass is 10.1. The molecule has 0 radical (unpaired) electrons. The molecule has 2 aliphatic rings. The van der Waals surface area contributed by atoms with Gasteiger partial charge in [0.1, 0.15) is 11.5 Å². The topological polar surface area (TPSA) is 99.8 Å². The number of nitrogens with one attached hydrogen (secondary N) is 1. The van der Waals surface area contributed by atoms with Crippen LogP contribution in [0, 0.1) is 0 Å². The first-order valence-corrected chi connectivity index (χ1v) is 16.0. The Morgan fingerprint density at radius 3 is 1.28 bits per heavy atom. The SMILES string of the molecule is COc1cc2c(CC(=O)N3CCN(c4ccccc4OC)CC3)[nH]c(CC(=O)N3CCN(c4ccccc4OC)CC3)c2cc1OC. The first kappa shape index (κ1) is 31.9. The van der Waals surface area contributed by atoms with Crippen LogP contribution in [0.4, 0.5) is 11.4 Å². The number of aromatic amines is 1. The minimum atomic E-state index is 0.0351. The van der Waals surface area contributed by atoms with E-state index >= 15 is 0 Å². The van der Waals surface area contributed by atoms with Gasteiger partial charge in [0.25, 0.3) is 0 Å². The molecule has 1 aromatic heterocycles. The summed E-state index contributed by atoms with van der Waals surface area (Å²) in [5.41, 5.74) is 3.60. The van der Waals surface area contributed by atoms with Gasteiger partial charge in [0.2, 0.25) is 11.8 Å². The maximum atomic E-state index is 13.6. The van der Waals surface area contributed by atoms with Crippen molar-refractivity contribution < 1.29 is 28.5 Å². The van der Waals surface area contributed by atoms with Crippen molar-refractivity contribution in [3.05, 3.63) is 72.1 Å². The number of rotatable bonds is 10. The molecule has 11 nitrogen and oxygen atoms in total. The van der Waals surface area contributed by atoms with E-state index < -0.39 is 0 Å². The summed E-state index contributed by atoms with van der Waals surface area (Å²) in [6.07, 6.45) is 0.374. The number of carbonyl (C=O) groups excluding carboxylic acids is 2. The molecule has 4 aromatic rings. The summed E-state index contributed by atoms with van der Waals surface area (Å²) in [5, 5.41) is 1.71. The van der Waals surface area contributed by atoms with Crippen molar-refractivity contribution in [3.63, 3.8) is 0 Å². The summed E-state index contributed by atoms with van der Waals surface area (Å²) < 4.78 is 22.3. The number of piperazine rings is 2. The number of benzene rings is 3. The average Bonchev–Trinajstić information content (AvgIpc) is 3.45. The minimum Gasteiger partial charge on any atom is -0.495 e. The van der Waals surface area contributed by atoms with Crippen LogP contribution in [0.5, 0.6) is 23.0 Å². The predicted octanol–water partition coefficient (Wildman–Crippen LogP) is 3.98. The molecule has 0 aliphatic carbocycles. The molecule has 3 heterocycles. The number of amides is 2. The molecular formula is C36H43N5O6. The highest BCUT2D eigenvalue weighted by Crippen LogP contribution is 2.36. The van der Waals surface area contributed by atoms with Gasteiger partial charge in [-0.3, -0.25) is 9.59 Å². The minimum absolute atomic E-state index is 0.0351. The summed E-state index contributed by atoms with van der Waals surface area (Å²) in [5.74, 6) is 2.87. The molecule has 2 saturated heterocycles. The Bertz CT molecular complexity index is 1600. The fraction of sp³-hybridized carbons (Fsp3) is 0.389. The Labute approximate surface area is 275 Å². The standard InChI is InChI=1S/C36H43N5O6/c1-44-31-11-7-5-9-29(31)38-13-17-40(18-14-38)35(42)23-27-25-21-33(46-3)34(47-4)22-26(25)28(37-27)24-36(43)41-19-15-39(16-20-41)30-10-6-8-12-32(30)45-2/h5-12,21-22,37H,13-20,23-24H2,1-4H3. The van der Waals surface area contributed by atoms with E-state index in [1.807, 2.05) is 70.5 Å². The number of para-hydroxylation sites is 4. The van der Waals surface area contributed by atoms with Gasteiger partial charge in [-0.2, -0.15) is 0 Å². The fourth-order valence-corrected chi connectivity index (χ4v) is 6.68. The Morgan fingerprint density at radius 1 is 0.553 bits per heavy atom. The third kappa shape index (κ3) is 6.61. The number of ether oxygens (including phenoxy) is 4. The number of aromatic nitrogens is 1. The van der Waals surface area contributed by atoms with Crippen LogP contribution in [0.2, 0.25) is 0 Å². The lowest BCUT2D eigenvalue weighted by Crippen LogP contribution is -2.49. The Morgan fingerprint density at radius 2 is 0.915 bits per heavy atom. The van der Waals surface area contributed by atoms with E-state index in [-0.39, 0.29) is 24.7 Å².